The number of carbonyl (C=O) groups excluding carboxylic acids is 1. The number of carbonyl (C=O) groups is 1. The molecular formula is C27H31FN4O2. The average molecular weight is 463 g/mol. The van der Waals surface area contributed by atoms with E-state index in [-0.39, 0.29) is 11.7 Å². The summed E-state index contributed by atoms with van der Waals surface area (Å²) in [6, 6.07) is 8.95. The second kappa shape index (κ2) is 8.87. The fourth-order valence-corrected chi connectivity index (χ4v) is 5.08. The molecule has 0 spiro atoms. The third kappa shape index (κ3) is 4.32. The molecule has 3 aliphatic heterocycles. The highest BCUT2D eigenvalue weighted by Gasteiger charge is 2.38. The largest absolute Gasteiger partial charge is 0.482 e. The molecule has 178 valence electrons. The van der Waals surface area contributed by atoms with Gasteiger partial charge >= 0.3 is 0 Å². The molecule has 34 heavy (non-hydrogen) atoms. The lowest BCUT2D eigenvalue weighted by molar-refractivity contribution is -0.111. The van der Waals surface area contributed by atoms with Gasteiger partial charge in [0.2, 0.25) is 0 Å². The van der Waals surface area contributed by atoms with Crippen LogP contribution in [-0.4, -0.2) is 47.1 Å². The number of halogens is 1. The smallest absolute Gasteiger partial charge is 0.260 e. The molecule has 4 heterocycles. The highest BCUT2D eigenvalue weighted by atomic mass is 19.1. The number of piperidine rings is 1. The first-order valence-corrected chi connectivity index (χ1v) is 12.0. The number of anilines is 2. The predicted octanol–water partition coefficient (Wildman–Crippen LogP) is 5.06. The van der Waals surface area contributed by atoms with Crippen LogP contribution in [0.5, 0.6) is 0 Å². The summed E-state index contributed by atoms with van der Waals surface area (Å²) in [5.41, 5.74) is 2.79. The fraction of sp³-hybridized carbons (Fsp3) is 0.407. The van der Waals surface area contributed by atoms with Gasteiger partial charge in [0.1, 0.15) is 23.0 Å². The minimum atomic E-state index is -0.633. The molecule has 1 fully saturated rings. The number of pyridine rings is 1. The van der Waals surface area contributed by atoms with Crippen molar-refractivity contribution in [1.82, 2.24) is 9.88 Å². The van der Waals surface area contributed by atoms with Crippen LogP contribution >= 0.6 is 0 Å². The number of benzene rings is 1. The predicted molar refractivity (Wildman–Crippen MR) is 133 cm³/mol. The van der Waals surface area contributed by atoms with Crippen LogP contribution < -0.4 is 10.6 Å². The summed E-state index contributed by atoms with van der Waals surface area (Å²) in [4.78, 5) is 19.8. The van der Waals surface area contributed by atoms with Gasteiger partial charge in [-0.3, -0.25) is 9.69 Å². The number of likely N-dealkylation sites (tertiary alicyclic amines) is 1. The highest BCUT2D eigenvalue weighted by Crippen LogP contribution is 2.44. The van der Waals surface area contributed by atoms with Gasteiger partial charge in [0.25, 0.3) is 5.91 Å². The van der Waals surface area contributed by atoms with Gasteiger partial charge in [-0.2, -0.15) is 0 Å². The summed E-state index contributed by atoms with van der Waals surface area (Å²) in [6.07, 6.45) is 7.64. The zero-order valence-electron chi connectivity index (χ0n) is 20.0. The van der Waals surface area contributed by atoms with E-state index in [0.717, 1.165) is 30.0 Å². The zero-order chi connectivity index (χ0) is 23.9. The molecule has 7 heteroatoms. The van der Waals surface area contributed by atoms with Crippen LogP contribution in [-0.2, 0) is 9.53 Å². The summed E-state index contributed by atoms with van der Waals surface area (Å²) in [5.74, 6) is 0.653. The topological polar surface area (TPSA) is 66.5 Å². The van der Waals surface area contributed by atoms with E-state index in [0.29, 0.717) is 28.6 Å². The molecule has 0 saturated carbocycles. The number of ether oxygens (including phenoxy) is 1. The van der Waals surface area contributed by atoms with Crippen molar-refractivity contribution in [3.8, 4) is 0 Å². The quantitative estimate of drug-likeness (QED) is 0.608. The monoisotopic (exact) mass is 462 g/mol. The lowest BCUT2D eigenvalue weighted by Crippen LogP contribution is -2.40. The van der Waals surface area contributed by atoms with Gasteiger partial charge < -0.3 is 15.4 Å². The average Bonchev–Trinajstić information content (AvgIpc) is 3.29. The highest BCUT2D eigenvalue weighted by molar-refractivity contribution is 6.32. The maximum Gasteiger partial charge on any atom is 0.260 e. The molecule has 6 nitrogen and oxygen atoms in total. The molecule has 0 aliphatic carbocycles. The Labute approximate surface area is 199 Å². The number of amides is 1. The minimum Gasteiger partial charge on any atom is -0.482 e. The van der Waals surface area contributed by atoms with Crippen molar-refractivity contribution in [2.45, 2.75) is 51.7 Å². The maximum atomic E-state index is 13.6. The van der Waals surface area contributed by atoms with Gasteiger partial charge in [-0.05, 0) is 76.6 Å². The summed E-state index contributed by atoms with van der Waals surface area (Å²) in [6.45, 7) is 9.29. The number of nitrogens with one attached hydrogen (secondary N) is 2. The molecular weight excluding hydrogens is 431 g/mol. The van der Waals surface area contributed by atoms with Crippen LogP contribution in [0.25, 0.3) is 11.1 Å². The van der Waals surface area contributed by atoms with Crippen LogP contribution in [0, 0.1) is 5.82 Å². The van der Waals surface area contributed by atoms with E-state index in [1.807, 2.05) is 38.3 Å². The van der Waals surface area contributed by atoms with Crippen molar-refractivity contribution in [1.29, 1.82) is 0 Å². The van der Waals surface area contributed by atoms with Gasteiger partial charge in [-0.25, -0.2) is 9.37 Å². The Kier molecular flexibility index (Phi) is 5.90. The first-order valence-electron chi connectivity index (χ1n) is 12.0. The number of hydrogen-bond acceptors (Lipinski definition) is 5. The number of aromatic nitrogens is 1. The summed E-state index contributed by atoms with van der Waals surface area (Å²) in [5, 5.41) is 6.16. The first kappa shape index (κ1) is 22.6. The fourth-order valence-electron chi connectivity index (χ4n) is 5.08. The molecule has 1 saturated heterocycles. The molecule has 1 amide bonds. The van der Waals surface area contributed by atoms with Crippen molar-refractivity contribution in [3.63, 3.8) is 0 Å². The van der Waals surface area contributed by atoms with Crippen LogP contribution in [0.15, 0.2) is 48.4 Å². The molecule has 0 bridgehead atoms. The maximum absolute atomic E-state index is 13.6. The van der Waals surface area contributed by atoms with E-state index in [2.05, 4.69) is 27.4 Å². The second-order valence-corrected chi connectivity index (χ2v) is 9.79. The summed E-state index contributed by atoms with van der Waals surface area (Å²) >= 11 is 0. The van der Waals surface area contributed by atoms with E-state index >= 15 is 0 Å². The van der Waals surface area contributed by atoms with Gasteiger partial charge in [0.05, 0.1) is 11.3 Å². The lowest BCUT2D eigenvalue weighted by Gasteiger charge is -2.33. The lowest BCUT2D eigenvalue weighted by atomic mass is 9.93. The molecule has 1 aromatic heterocycles. The number of hydrogen-bond donors (Lipinski definition) is 2. The molecule has 1 unspecified atom stereocenters. The van der Waals surface area contributed by atoms with Crippen molar-refractivity contribution in [2.24, 2.45) is 0 Å². The van der Waals surface area contributed by atoms with Crippen molar-refractivity contribution < 1.29 is 13.9 Å². The Morgan fingerprint density at radius 3 is 2.88 bits per heavy atom. The normalized spacial score (nSPS) is 23.8. The molecule has 2 N–H and O–H groups in total. The van der Waals surface area contributed by atoms with Crippen LogP contribution in [0.2, 0.25) is 0 Å². The minimum absolute atomic E-state index is 0.287. The third-order valence-corrected chi connectivity index (χ3v) is 6.98. The Hall–Kier alpha value is -3.19. The standard InChI is InChI=1S/C27H31FN4O2/c1-17-6-4-5-12-32(17)13-11-29-24-10-7-18(16-30-24)21-15-23(34-27(21,2)3)25-20-9-8-19(28)14-22(20)31-26(25)33/h7-10,14-17H,4-6,11-13H2,1-3H3,(H,29,30)(H,31,33). The Bertz CT molecular complexity index is 1170. The Balaban J connectivity index is 1.33. The summed E-state index contributed by atoms with van der Waals surface area (Å²) < 4.78 is 19.8. The second-order valence-electron chi connectivity index (χ2n) is 9.79. The van der Waals surface area contributed by atoms with E-state index < -0.39 is 5.60 Å². The van der Waals surface area contributed by atoms with Gasteiger partial charge in [0, 0.05) is 42.0 Å². The zero-order valence-corrected chi connectivity index (χ0v) is 20.0. The van der Waals surface area contributed by atoms with Gasteiger partial charge in [-0.15, -0.1) is 0 Å². The van der Waals surface area contributed by atoms with Gasteiger partial charge in [-0.1, -0.05) is 6.42 Å². The molecule has 2 aromatic rings. The van der Waals surface area contributed by atoms with E-state index in [1.165, 1.54) is 37.9 Å². The molecule has 5 rings (SSSR count). The Morgan fingerprint density at radius 1 is 1.26 bits per heavy atom. The van der Waals surface area contributed by atoms with Crippen LogP contribution in [0.4, 0.5) is 15.9 Å². The summed E-state index contributed by atoms with van der Waals surface area (Å²) in [7, 11) is 0. The Morgan fingerprint density at radius 2 is 2.12 bits per heavy atom. The van der Waals surface area contributed by atoms with Crippen LogP contribution in [0.1, 0.15) is 51.2 Å². The van der Waals surface area contributed by atoms with E-state index in [1.54, 1.807) is 6.07 Å². The number of fused-ring (bicyclic) bond motifs is 1. The van der Waals surface area contributed by atoms with Crippen molar-refractivity contribution in [2.75, 3.05) is 30.3 Å². The molecule has 3 aliphatic rings. The number of nitrogens with zero attached hydrogens (tertiary/aromatic N) is 2. The molecule has 1 atom stereocenters. The van der Waals surface area contributed by atoms with E-state index in [4.69, 9.17) is 4.74 Å². The molecule has 0 radical (unpaired) electrons. The van der Waals surface area contributed by atoms with Gasteiger partial charge in [0.15, 0.2) is 0 Å². The first-order chi connectivity index (χ1) is 16.3. The molecule has 1 aromatic carbocycles. The number of rotatable bonds is 5. The SMILES string of the molecule is CC1CCCCN1CCNc1ccc(C2=CC(=C3C(=O)Nc4cc(F)ccc43)OC2(C)C)cn1. The third-order valence-electron chi connectivity index (χ3n) is 6.98. The van der Waals surface area contributed by atoms with Crippen molar-refractivity contribution in [3.05, 3.63) is 65.3 Å². The van der Waals surface area contributed by atoms with Crippen LogP contribution in [0.3, 0.4) is 0 Å². The van der Waals surface area contributed by atoms with Crippen molar-refractivity contribution >= 4 is 28.6 Å². The van der Waals surface area contributed by atoms with E-state index in [9.17, 15) is 9.18 Å². The number of allylic oxidation sites excluding steroid dienone is 1.